The quantitative estimate of drug-likeness (QED) is 0.288. The van der Waals surface area contributed by atoms with Gasteiger partial charge in [0.25, 0.3) is 0 Å². The first-order valence-electron chi connectivity index (χ1n) is 12.7. The number of carboxylic acids is 1. The zero-order valence-electron chi connectivity index (χ0n) is 21.8. The molecule has 1 aliphatic carbocycles. The Labute approximate surface area is 222 Å². The lowest BCUT2D eigenvalue weighted by Crippen LogP contribution is -2.19. The number of rotatable bonds is 10. The normalized spacial score (nSPS) is 15.3. The summed E-state index contributed by atoms with van der Waals surface area (Å²) >= 11 is 0. The highest BCUT2D eigenvalue weighted by atomic mass is 31.2. The minimum Gasteiger partial charge on any atom is -0.481 e. The van der Waals surface area contributed by atoms with E-state index in [-0.39, 0.29) is 18.3 Å². The lowest BCUT2D eigenvalue weighted by molar-refractivity contribution is -0.138. The average Bonchev–Trinajstić information content (AvgIpc) is 3.06. The fourth-order valence-electron chi connectivity index (χ4n) is 5.03. The van der Waals surface area contributed by atoms with Crippen LogP contribution in [0.1, 0.15) is 55.0 Å². The van der Waals surface area contributed by atoms with Gasteiger partial charge in [-0.1, -0.05) is 50.2 Å². The average molecular weight is 542 g/mol. The number of hydrogen-bond donors (Lipinski definition) is 2. The summed E-state index contributed by atoms with van der Waals surface area (Å²) in [4.78, 5) is 16.1. The van der Waals surface area contributed by atoms with Gasteiger partial charge in [-0.3, -0.25) is 14.3 Å². The molecule has 38 heavy (non-hydrogen) atoms. The molecule has 4 rings (SSSR count). The highest BCUT2D eigenvalue weighted by Crippen LogP contribution is 2.50. The molecule has 2 aromatic carbocycles. The second-order valence-corrected chi connectivity index (χ2v) is 12.1. The van der Waals surface area contributed by atoms with Crippen molar-refractivity contribution >= 4 is 13.6 Å². The minimum absolute atomic E-state index is 0.0203. The molecular weight excluding hydrogens is 508 g/mol. The van der Waals surface area contributed by atoms with Crippen molar-refractivity contribution in [2.45, 2.75) is 58.2 Å². The van der Waals surface area contributed by atoms with Crippen LogP contribution in [0.2, 0.25) is 0 Å². The number of hydrogen-bond acceptors (Lipinski definition) is 6. The molecule has 9 heteroatoms. The number of carbonyl (C=O) groups is 1. The zero-order valence-corrected chi connectivity index (χ0v) is 22.7. The highest BCUT2D eigenvalue weighted by Gasteiger charge is 2.31. The summed E-state index contributed by atoms with van der Waals surface area (Å²) in [6.07, 6.45) is 0.131. The first kappa shape index (κ1) is 28.1. The number of fused-ring (bicyclic) bond motifs is 3. The number of pyridine rings is 1. The van der Waals surface area contributed by atoms with E-state index in [1.807, 2.05) is 26.0 Å². The van der Waals surface area contributed by atoms with E-state index in [0.717, 1.165) is 58.5 Å². The van der Waals surface area contributed by atoms with E-state index in [9.17, 15) is 18.9 Å². The molecule has 0 saturated carbocycles. The van der Waals surface area contributed by atoms with Crippen LogP contribution in [0.3, 0.4) is 0 Å². The molecule has 0 fully saturated rings. The van der Waals surface area contributed by atoms with E-state index in [1.165, 1.54) is 24.8 Å². The van der Waals surface area contributed by atoms with E-state index >= 15 is 0 Å². The first-order chi connectivity index (χ1) is 18.1. The van der Waals surface area contributed by atoms with Crippen molar-refractivity contribution < 1.29 is 33.0 Å². The predicted molar refractivity (Wildman–Crippen MR) is 144 cm³/mol. The summed E-state index contributed by atoms with van der Waals surface area (Å²) in [5.74, 6) is -1.58. The van der Waals surface area contributed by atoms with Crippen molar-refractivity contribution in [3.05, 3.63) is 76.7 Å². The van der Waals surface area contributed by atoms with Crippen molar-refractivity contribution in [2.24, 2.45) is 0 Å². The van der Waals surface area contributed by atoms with Gasteiger partial charge in [0, 0.05) is 23.9 Å². The van der Waals surface area contributed by atoms with Crippen molar-refractivity contribution in [1.29, 1.82) is 0 Å². The molecule has 2 atom stereocenters. The molecule has 0 spiro atoms. The molecule has 3 aromatic rings. The SMILES string of the molecule is COP(=O)(C[C@@H](O)CC(=O)O)OCc1c(C(C)C)nc2c(c1-c1ccc(F)cc1)CCCc1ccccc1-2. The second-order valence-electron chi connectivity index (χ2n) is 9.85. The Morgan fingerprint density at radius 1 is 1.13 bits per heavy atom. The smallest absolute Gasteiger partial charge is 0.333 e. The maximum absolute atomic E-state index is 13.9. The zero-order chi connectivity index (χ0) is 27.4. The number of benzene rings is 2. The molecule has 0 amide bonds. The Bertz CT molecular complexity index is 1360. The molecule has 202 valence electrons. The minimum atomic E-state index is -3.84. The first-order valence-corrected chi connectivity index (χ1v) is 14.4. The molecule has 0 aliphatic heterocycles. The fraction of sp³-hybridized carbons (Fsp3) is 0.379. The molecule has 0 radical (unpaired) electrons. The Balaban J connectivity index is 1.87. The molecule has 0 saturated heterocycles. The van der Waals surface area contributed by atoms with Crippen LogP contribution in [0, 0.1) is 5.82 Å². The van der Waals surface area contributed by atoms with E-state index in [2.05, 4.69) is 12.1 Å². The lowest BCUT2D eigenvalue weighted by Gasteiger charge is -2.25. The maximum Gasteiger partial charge on any atom is 0.333 e. The fourth-order valence-corrected chi connectivity index (χ4v) is 6.36. The maximum atomic E-state index is 13.9. The predicted octanol–water partition coefficient (Wildman–Crippen LogP) is 6.36. The summed E-state index contributed by atoms with van der Waals surface area (Å²) in [7, 11) is -2.63. The molecule has 0 bridgehead atoms. The molecular formula is C29H33FNO6P. The third kappa shape index (κ3) is 6.21. The van der Waals surface area contributed by atoms with Crippen molar-refractivity contribution in [3.63, 3.8) is 0 Å². The topological polar surface area (TPSA) is 106 Å². The van der Waals surface area contributed by atoms with E-state index in [0.29, 0.717) is 0 Å². The number of aromatic nitrogens is 1. The highest BCUT2D eigenvalue weighted by molar-refractivity contribution is 7.53. The van der Waals surface area contributed by atoms with Gasteiger partial charge in [-0.15, -0.1) is 0 Å². The number of aryl methyl sites for hydroxylation is 1. The second kappa shape index (κ2) is 11.9. The summed E-state index contributed by atoms with van der Waals surface area (Å²) in [6, 6.07) is 14.5. The summed E-state index contributed by atoms with van der Waals surface area (Å²) in [6.45, 7) is 3.90. The van der Waals surface area contributed by atoms with Gasteiger partial charge < -0.3 is 19.3 Å². The Hall–Kier alpha value is -2.90. The summed E-state index contributed by atoms with van der Waals surface area (Å²) < 4.78 is 38.3. The van der Waals surface area contributed by atoms with Gasteiger partial charge in [-0.25, -0.2) is 4.39 Å². The van der Waals surface area contributed by atoms with Gasteiger partial charge in [0.2, 0.25) is 0 Å². The van der Waals surface area contributed by atoms with Gasteiger partial charge in [-0.05, 0) is 59.6 Å². The van der Waals surface area contributed by atoms with Crippen LogP contribution in [0.15, 0.2) is 48.5 Å². The van der Waals surface area contributed by atoms with E-state index < -0.39 is 32.3 Å². The van der Waals surface area contributed by atoms with Crippen LogP contribution < -0.4 is 0 Å². The van der Waals surface area contributed by atoms with Crippen LogP contribution in [-0.4, -0.2) is 40.5 Å². The standard InChI is InChI=1S/C29H33FNO6P/c1-18(2)28-25(16-37-38(35,36-3)17-22(32)15-26(33)34)27(20-11-13-21(30)14-12-20)24-10-6-8-19-7-4-5-9-23(19)29(24)31-28/h4-5,7,9,11-14,18,22,32H,6,8,10,15-17H2,1-3H3,(H,33,34)/t22-,38?/m0/s1. The molecule has 1 unspecified atom stereocenters. The van der Waals surface area contributed by atoms with Gasteiger partial charge in [-0.2, -0.15) is 0 Å². The van der Waals surface area contributed by atoms with Crippen molar-refractivity contribution in [1.82, 2.24) is 4.98 Å². The number of nitrogens with zero attached hydrogens (tertiary/aromatic N) is 1. The van der Waals surface area contributed by atoms with Gasteiger partial charge in [0.15, 0.2) is 0 Å². The van der Waals surface area contributed by atoms with E-state index in [1.54, 1.807) is 12.1 Å². The largest absolute Gasteiger partial charge is 0.481 e. The monoisotopic (exact) mass is 541 g/mol. The number of aliphatic carboxylic acids is 1. The molecule has 1 aliphatic rings. The molecule has 2 N–H and O–H groups in total. The van der Waals surface area contributed by atoms with Crippen LogP contribution in [0.4, 0.5) is 4.39 Å². The van der Waals surface area contributed by atoms with Crippen molar-refractivity contribution in [2.75, 3.05) is 13.3 Å². The number of aliphatic hydroxyl groups excluding tert-OH is 1. The van der Waals surface area contributed by atoms with Crippen LogP contribution >= 0.6 is 7.60 Å². The lowest BCUT2D eigenvalue weighted by atomic mass is 9.87. The third-order valence-electron chi connectivity index (χ3n) is 6.78. The molecule has 7 nitrogen and oxygen atoms in total. The van der Waals surface area contributed by atoms with Gasteiger partial charge in [0.05, 0.1) is 31.0 Å². The van der Waals surface area contributed by atoms with Gasteiger partial charge in [0.1, 0.15) is 5.82 Å². The van der Waals surface area contributed by atoms with Crippen LogP contribution in [0.25, 0.3) is 22.4 Å². The van der Waals surface area contributed by atoms with Crippen LogP contribution in [-0.2, 0) is 37.9 Å². The molecule has 1 aromatic heterocycles. The third-order valence-corrected chi connectivity index (χ3v) is 8.73. The Morgan fingerprint density at radius 2 is 1.84 bits per heavy atom. The van der Waals surface area contributed by atoms with E-state index in [4.69, 9.17) is 19.1 Å². The number of carboxylic acid groups (broad SMARTS) is 1. The number of aliphatic hydroxyl groups is 1. The van der Waals surface area contributed by atoms with Gasteiger partial charge >= 0.3 is 13.6 Å². The molecule has 1 heterocycles. The van der Waals surface area contributed by atoms with Crippen molar-refractivity contribution in [3.8, 4) is 22.4 Å². The summed E-state index contributed by atoms with van der Waals surface area (Å²) in [5.41, 5.74) is 7.32. The summed E-state index contributed by atoms with van der Waals surface area (Å²) in [5, 5.41) is 19.1. The van der Waals surface area contributed by atoms with Crippen LogP contribution in [0.5, 0.6) is 0 Å². The Morgan fingerprint density at radius 3 is 2.50 bits per heavy atom. The number of halogens is 1. The Kier molecular flexibility index (Phi) is 8.78.